The summed E-state index contributed by atoms with van der Waals surface area (Å²) in [6.45, 7) is 0.0360. The number of aryl methyl sites for hydroxylation is 2. The normalized spacial score (nSPS) is 12.0. The Hall–Kier alpha value is -4.67. The maximum Gasteiger partial charge on any atom is 0.0774 e. The van der Waals surface area contributed by atoms with Crippen LogP contribution in [0.4, 0.5) is 0 Å². The third-order valence-electron chi connectivity index (χ3n) is 7.44. The van der Waals surface area contributed by atoms with Crippen molar-refractivity contribution in [2.75, 3.05) is 0 Å². The SMILES string of the molecule is Cc1ccc2c(-c3nc4ccccc4n3-c3ccc(-c4ccccc4)cc3)[c-]sc2c1.[2H]C([2H])([2H])c1ccc(-c2[c-]cccc2)nc1.[Ir]. The second-order valence-corrected chi connectivity index (χ2v) is 11.3. The molecule has 45 heavy (non-hydrogen) atoms. The molecule has 0 spiro atoms. The van der Waals surface area contributed by atoms with E-state index in [4.69, 9.17) is 9.10 Å². The molecule has 1 radical (unpaired) electrons. The van der Waals surface area contributed by atoms with Crippen molar-refractivity contribution in [3.8, 4) is 39.5 Å². The molecule has 0 unspecified atom stereocenters. The number of rotatable bonds is 4. The average Bonchev–Trinajstić information content (AvgIpc) is 3.70. The van der Waals surface area contributed by atoms with E-state index in [0.29, 0.717) is 0 Å². The summed E-state index contributed by atoms with van der Waals surface area (Å²) in [4.78, 5) is 9.15. The summed E-state index contributed by atoms with van der Waals surface area (Å²) in [6.07, 6.45) is 1.39. The predicted octanol–water partition coefficient (Wildman–Crippen LogP) is 10.5. The van der Waals surface area contributed by atoms with Crippen LogP contribution in [0.3, 0.4) is 0 Å². The Balaban J connectivity index is 0.000000201. The standard InChI is InChI=1S/C28H19N2S.C12H10N.Ir/c1-19-11-16-23-24(18-31-27(23)17-19)28-29-25-9-5-6-10-26(25)30(28)22-14-12-21(13-15-22)20-7-3-2-4-8-20;1-10-7-8-12(13-9-10)11-5-3-2-4-6-11;/h2-17H,1H3;2-5,7-9H,1H3;/q2*-1;/i;1D3;. The monoisotopic (exact) mass is 779 g/mol. The Morgan fingerprint density at radius 2 is 1.51 bits per heavy atom. The molecule has 3 aromatic heterocycles. The number of pyridine rings is 1. The fraction of sp³-hybridized carbons (Fsp3) is 0.0500. The van der Waals surface area contributed by atoms with Crippen LogP contribution in [0.25, 0.3) is 60.6 Å². The van der Waals surface area contributed by atoms with Crippen LogP contribution in [0.15, 0.2) is 140 Å². The topological polar surface area (TPSA) is 30.7 Å². The number of thiophene rings is 1. The number of hydrogen-bond acceptors (Lipinski definition) is 3. The fourth-order valence-electron chi connectivity index (χ4n) is 5.24. The van der Waals surface area contributed by atoms with E-state index in [1.54, 1.807) is 29.5 Å². The quantitative estimate of drug-likeness (QED) is 0.167. The third kappa shape index (κ3) is 6.43. The van der Waals surface area contributed by atoms with Gasteiger partial charge in [0.15, 0.2) is 0 Å². The molecule has 0 fully saturated rings. The number of hydrogen-bond donors (Lipinski definition) is 0. The van der Waals surface area contributed by atoms with Crippen LogP contribution in [-0.4, -0.2) is 14.5 Å². The van der Waals surface area contributed by atoms with Gasteiger partial charge in [0, 0.05) is 36.1 Å². The van der Waals surface area contributed by atoms with Crippen molar-refractivity contribution < 1.29 is 24.2 Å². The molecule has 0 aliphatic carbocycles. The number of imidazole rings is 1. The van der Waals surface area contributed by atoms with Gasteiger partial charge in [-0.3, -0.25) is 16.3 Å². The molecule has 0 bridgehead atoms. The molecule has 8 aromatic rings. The first-order valence-electron chi connectivity index (χ1n) is 15.8. The molecule has 0 atom stereocenters. The van der Waals surface area contributed by atoms with Crippen LogP contribution < -0.4 is 0 Å². The molecule has 5 aromatic carbocycles. The summed E-state index contributed by atoms with van der Waals surface area (Å²) < 4.78 is 25.2. The Labute approximate surface area is 285 Å². The van der Waals surface area contributed by atoms with Gasteiger partial charge < -0.3 is 9.55 Å². The number of benzene rings is 5. The molecule has 5 heteroatoms. The van der Waals surface area contributed by atoms with Crippen LogP contribution in [0.1, 0.15) is 15.2 Å². The summed E-state index contributed by atoms with van der Waals surface area (Å²) >= 11 is 1.66. The molecule has 0 aliphatic rings. The van der Waals surface area contributed by atoms with Gasteiger partial charge in [0.1, 0.15) is 0 Å². The Morgan fingerprint density at radius 3 is 2.27 bits per heavy atom. The van der Waals surface area contributed by atoms with Gasteiger partial charge in [0.05, 0.1) is 16.9 Å². The minimum atomic E-state index is -2.09. The molecular formula is C40H29IrN3S-2. The molecule has 0 N–H and O–H groups in total. The van der Waals surface area contributed by atoms with Gasteiger partial charge in [-0.1, -0.05) is 100 Å². The third-order valence-corrected chi connectivity index (χ3v) is 8.30. The van der Waals surface area contributed by atoms with Crippen molar-refractivity contribution in [1.82, 2.24) is 14.5 Å². The Bertz CT molecular complexity index is 2280. The molecule has 221 valence electrons. The van der Waals surface area contributed by atoms with E-state index in [2.05, 4.69) is 113 Å². The van der Waals surface area contributed by atoms with Gasteiger partial charge in [-0.2, -0.15) is 0 Å². The predicted molar refractivity (Wildman–Crippen MR) is 184 cm³/mol. The van der Waals surface area contributed by atoms with Gasteiger partial charge in [0.25, 0.3) is 0 Å². The first kappa shape index (κ1) is 26.7. The van der Waals surface area contributed by atoms with Crippen LogP contribution in [0.2, 0.25) is 0 Å². The fourth-order valence-corrected chi connectivity index (χ4v) is 6.18. The minimum Gasteiger partial charge on any atom is -0.333 e. The van der Waals surface area contributed by atoms with Gasteiger partial charge in [-0.05, 0) is 60.4 Å². The van der Waals surface area contributed by atoms with E-state index in [0.717, 1.165) is 39.4 Å². The van der Waals surface area contributed by atoms with Crippen molar-refractivity contribution in [2.24, 2.45) is 0 Å². The van der Waals surface area contributed by atoms with E-state index in [-0.39, 0.29) is 25.7 Å². The average molecular weight is 779 g/mol. The number of aromatic nitrogens is 3. The van der Waals surface area contributed by atoms with Crippen LogP contribution in [-0.2, 0) is 20.1 Å². The van der Waals surface area contributed by atoms with Gasteiger partial charge >= 0.3 is 0 Å². The van der Waals surface area contributed by atoms with E-state index in [9.17, 15) is 0 Å². The van der Waals surface area contributed by atoms with Crippen LogP contribution in [0, 0.1) is 25.2 Å². The van der Waals surface area contributed by atoms with Crippen molar-refractivity contribution in [2.45, 2.75) is 13.8 Å². The van der Waals surface area contributed by atoms with Crippen molar-refractivity contribution >= 4 is 32.5 Å². The summed E-state index contributed by atoms with van der Waals surface area (Å²) in [7, 11) is 0. The molecule has 0 amide bonds. The number of fused-ring (bicyclic) bond motifs is 2. The van der Waals surface area contributed by atoms with Crippen LogP contribution >= 0.6 is 11.3 Å². The second-order valence-electron chi connectivity index (χ2n) is 10.5. The maximum absolute atomic E-state index is 7.23. The van der Waals surface area contributed by atoms with Gasteiger partial charge in [0.2, 0.25) is 0 Å². The molecule has 8 rings (SSSR count). The smallest absolute Gasteiger partial charge is 0.0774 e. The Kier molecular flexibility index (Phi) is 8.03. The number of para-hydroxylation sites is 2. The Morgan fingerprint density at radius 1 is 0.756 bits per heavy atom. The molecular weight excluding hydrogens is 747 g/mol. The van der Waals surface area contributed by atoms with E-state index in [1.165, 1.54) is 33.0 Å². The zero-order valence-corrected chi connectivity index (χ0v) is 27.6. The molecule has 0 saturated heterocycles. The van der Waals surface area contributed by atoms with Gasteiger partial charge in [-0.15, -0.1) is 47.3 Å². The zero-order chi connectivity index (χ0) is 32.4. The second kappa shape index (κ2) is 13.5. The van der Waals surface area contributed by atoms with E-state index < -0.39 is 6.85 Å². The summed E-state index contributed by atoms with van der Waals surface area (Å²) in [5.41, 5.74) is 9.79. The van der Waals surface area contributed by atoms with E-state index in [1.807, 2.05) is 30.3 Å². The van der Waals surface area contributed by atoms with Gasteiger partial charge in [-0.25, -0.2) is 0 Å². The first-order chi connectivity index (χ1) is 22.8. The van der Waals surface area contributed by atoms with Crippen LogP contribution in [0.5, 0.6) is 0 Å². The van der Waals surface area contributed by atoms with Crippen molar-refractivity contribution in [3.05, 3.63) is 162 Å². The minimum absolute atomic E-state index is 0. The maximum atomic E-state index is 7.23. The zero-order valence-electron chi connectivity index (χ0n) is 27.4. The largest absolute Gasteiger partial charge is 0.333 e. The summed E-state index contributed by atoms with van der Waals surface area (Å²) in [5.74, 6) is 0.934. The summed E-state index contributed by atoms with van der Waals surface area (Å²) in [6, 6.07) is 47.9. The molecule has 0 saturated carbocycles. The van der Waals surface area contributed by atoms with Crippen molar-refractivity contribution in [1.29, 1.82) is 0 Å². The molecule has 0 aliphatic heterocycles. The first-order valence-corrected chi connectivity index (χ1v) is 15.1. The molecule has 3 heterocycles. The molecule has 3 nitrogen and oxygen atoms in total. The number of nitrogens with zero attached hydrogens (tertiary/aromatic N) is 3. The summed E-state index contributed by atoms with van der Waals surface area (Å²) in [5, 5.41) is 4.73. The van der Waals surface area contributed by atoms with E-state index >= 15 is 0 Å². The van der Waals surface area contributed by atoms with Crippen molar-refractivity contribution in [3.63, 3.8) is 0 Å².